The SMILES string of the molecule is CC1CCN(C(=O)OCc2ccccc2)C1CS(=O)(=O)Cl. The summed E-state index contributed by atoms with van der Waals surface area (Å²) in [5, 5.41) is 0. The molecule has 0 aromatic heterocycles. The van der Waals surface area contributed by atoms with Gasteiger partial charge in [-0.15, -0.1) is 0 Å². The number of carbonyl (C=O) groups excluding carboxylic acids is 1. The molecule has 1 aromatic carbocycles. The van der Waals surface area contributed by atoms with E-state index in [0.717, 1.165) is 12.0 Å². The van der Waals surface area contributed by atoms with Crippen molar-refractivity contribution in [3.63, 3.8) is 0 Å². The molecule has 5 nitrogen and oxygen atoms in total. The molecule has 2 atom stereocenters. The van der Waals surface area contributed by atoms with Gasteiger partial charge in [0.1, 0.15) is 6.61 Å². The molecule has 0 spiro atoms. The molecule has 0 N–H and O–H groups in total. The van der Waals surface area contributed by atoms with Crippen molar-refractivity contribution < 1.29 is 17.9 Å². The Morgan fingerprint density at radius 3 is 2.67 bits per heavy atom. The Morgan fingerprint density at radius 1 is 1.38 bits per heavy atom. The van der Waals surface area contributed by atoms with Crippen LogP contribution in [0, 0.1) is 5.92 Å². The Morgan fingerprint density at radius 2 is 2.05 bits per heavy atom. The Hall–Kier alpha value is -1.27. The second kappa shape index (κ2) is 6.66. The summed E-state index contributed by atoms with van der Waals surface area (Å²) in [6, 6.07) is 8.92. The van der Waals surface area contributed by atoms with Crippen molar-refractivity contribution >= 4 is 25.8 Å². The number of ether oxygens (including phenoxy) is 1. The van der Waals surface area contributed by atoms with Gasteiger partial charge in [0.15, 0.2) is 0 Å². The number of rotatable bonds is 4. The maximum atomic E-state index is 12.1. The zero-order chi connectivity index (χ0) is 15.5. The normalized spacial score (nSPS) is 22.3. The number of nitrogens with zero attached hydrogens (tertiary/aromatic N) is 1. The van der Waals surface area contributed by atoms with Crippen LogP contribution < -0.4 is 0 Å². The van der Waals surface area contributed by atoms with E-state index in [0.29, 0.717) is 6.54 Å². The first-order chi connectivity index (χ1) is 9.87. The molecule has 7 heteroatoms. The molecule has 0 radical (unpaired) electrons. The summed E-state index contributed by atoms with van der Waals surface area (Å²) in [4.78, 5) is 13.6. The first-order valence-corrected chi connectivity index (χ1v) is 9.24. The van der Waals surface area contributed by atoms with Gasteiger partial charge in [0.05, 0.1) is 11.8 Å². The van der Waals surface area contributed by atoms with Crippen LogP contribution in [0.3, 0.4) is 0 Å². The molecule has 1 amide bonds. The first-order valence-electron chi connectivity index (χ1n) is 6.76. The lowest BCUT2D eigenvalue weighted by molar-refractivity contribution is 0.0922. The van der Waals surface area contributed by atoms with E-state index >= 15 is 0 Å². The van der Waals surface area contributed by atoms with Crippen LogP contribution in [-0.4, -0.2) is 37.8 Å². The van der Waals surface area contributed by atoms with Crippen molar-refractivity contribution in [2.45, 2.75) is 26.0 Å². The van der Waals surface area contributed by atoms with Crippen LogP contribution >= 0.6 is 10.7 Å². The van der Waals surface area contributed by atoms with Crippen LogP contribution in [-0.2, 0) is 20.4 Å². The van der Waals surface area contributed by atoms with Crippen molar-refractivity contribution in [2.24, 2.45) is 5.92 Å². The van der Waals surface area contributed by atoms with E-state index in [-0.39, 0.29) is 18.3 Å². The van der Waals surface area contributed by atoms with Crippen molar-refractivity contribution in [1.29, 1.82) is 0 Å². The Bertz CT molecular complexity index is 590. The third kappa shape index (κ3) is 4.61. The molecular weight excluding hydrogens is 314 g/mol. The summed E-state index contributed by atoms with van der Waals surface area (Å²) in [5.74, 6) is -0.154. The van der Waals surface area contributed by atoms with Crippen molar-refractivity contribution in [2.75, 3.05) is 12.3 Å². The highest BCUT2D eigenvalue weighted by molar-refractivity contribution is 8.13. The predicted molar refractivity (Wildman–Crippen MR) is 80.5 cm³/mol. The molecule has 1 fully saturated rings. The number of likely N-dealkylation sites (tertiary alicyclic amines) is 1. The second-order valence-electron chi connectivity index (χ2n) is 5.27. The fraction of sp³-hybridized carbons (Fsp3) is 0.500. The van der Waals surface area contributed by atoms with Crippen LogP contribution in [0.5, 0.6) is 0 Å². The van der Waals surface area contributed by atoms with Crippen LogP contribution in [0.2, 0.25) is 0 Å². The zero-order valence-corrected chi connectivity index (χ0v) is 13.3. The molecule has 0 saturated carbocycles. The minimum absolute atomic E-state index is 0.0859. The van der Waals surface area contributed by atoms with Gasteiger partial charge in [0, 0.05) is 17.2 Å². The summed E-state index contributed by atoms with van der Waals surface area (Å²) in [7, 11) is 1.66. The minimum atomic E-state index is -3.65. The average Bonchev–Trinajstić information content (AvgIpc) is 2.77. The lowest BCUT2D eigenvalue weighted by Crippen LogP contribution is -2.41. The molecule has 1 heterocycles. The maximum absolute atomic E-state index is 12.1. The summed E-state index contributed by atoms with van der Waals surface area (Å²) in [6.45, 7) is 2.58. The third-order valence-electron chi connectivity index (χ3n) is 3.69. The highest BCUT2D eigenvalue weighted by Crippen LogP contribution is 2.26. The number of hydrogen-bond donors (Lipinski definition) is 0. The van der Waals surface area contributed by atoms with E-state index in [1.165, 1.54) is 4.90 Å². The Balaban J connectivity index is 1.97. The molecule has 21 heavy (non-hydrogen) atoms. The van der Waals surface area contributed by atoms with Gasteiger partial charge < -0.3 is 9.64 Å². The Kier molecular flexibility index (Phi) is 5.11. The van der Waals surface area contributed by atoms with Gasteiger partial charge in [-0.05, 0) is 17.9 Å². The quantitative estimate of drug-likeness (QED) is 0.795. The van der Waals surface area contributed by atoms with Gasteiger partial charge in [-0.2, -0.15) is 0 Å². The largest absolute Gasteiger partial charge is 0.445 e. The van der Waals surface area contributed by atoms with Gasteiger partial charge in [0.2, 0.25) is 9.05 Å². The van der Waals surface area contributed by atoms with Gasteiger partial charge in [-0.3, -0.25) is 0 Å². The summed E-state index contributed by atoms with van der Waals surface area (Å²) in [5.41, 5.74) is 0.889. The van der Waals surface area contributed by atoms with E-state index in [1.54, 1.807) is 0 Å². The number of amides is 1. The molecule has 2 unspecified atom stereocenters. The van der Waals surface area contributed by atoms with E-state index in [2.05, 4.69) is 0 Å². The number of carbonyl (C=O) groups is 1. The number of halogens is 1. The fourth-order valence-corrected chi connectivity index (χ4v) is 3.80. The lowest BCUT2D eigenvalue weighted by Gasteiger charge is -2.25. The third-order valence-corrected chi connectivity index (χ3v) is 4.81. The van der Waals surface area contributed by atoms with E-state index in [1.807, 2.05) is 37.3 Å². The molecular formula is C14H18ClNO4S. The second-order valence-corrected chi connectivity index (χ2v) is 8.09. The lowest BCUT2D eigenvalue weighted by atomic mass is 10.1. The van der Waals surface area contributed by atoms with E-state index < -0.39 is 21.2 Å². The number of benzene rings is 1. The minimum Gasteiger partial charge on any atom is -0.445 e. The standard InChI is InChI=1S/C14H18ClNO4S/c1-11-7-8-16(13(11)10-21(15,18)19)14(17)20-9-12-5-3-2-4-6-12/h2-6,11,13H,7-10H2,1H3. The Labute approximate surface area is 129 Å². The monoisotopic (exact) mass is 331 g/mol. The molecule has 1 aliphatic heterocycles. The molecule has 0 bridgehead atoms. The van der Waals surface area contributed by atoms with Gasteiger partial charge in [-0.1, -0.05) is 37.3 Å². The van der Waals surface area contributed by atoms with Crippen LogP contribution in [0.4, 0.5) is 4.79 Å². The van der Waals surface area contributed by atoms with Crippen molar-refractivity contribution in [3.05, 3.63) is 35.9 Å². The first kappa shape index (κ1) is 16.1. The number of hydrogen-bond acceptors (Lipinski definition) is 4. The van der Waals surface area contributed by atoms with Gasteiger partial charge in [-0.25, -0.2) is 13.2 Å². The van der Waals surface area contributed by atoms with Crippen molar-refractivity contribution in [1.82, 2.24) is 4.90 Å². The van der Waals surface area contributed by atoms with E-state index in [4.69, 9.17) is 15.4 Å². The molecule has 0 aliphatic carbocycles. The maximum Gasteiger partial charge on any atom is 0.410 e. The van der Waals surface area contributed by atoms with Crippen LogP contribution in [0.1, 0.15) is 18.9 Å². The zero-order valence-electron chi connectivity index (χ0n) is 11.7. The van der Waals surface area contributed by atoms with E-state index in [9.17, 15) is 13.2 Å². The van der Waals surface area contributed by atoms with Gasteiger partial charge >= 0.3 is 6.09 Å². The highest BCUT2D eigenvalue weighted by Gasteiger charge is 2.37. The average molecular weight is 332 g/mol. The molecule has 1 saturated heterocycles. The van der Waals surface area contributed by atoms with Gasteiger partial charge in [0.25, 0.3) is 0 Å². The molecule has 1 aliphatic rings. The predicted octanol–water partition coefficient (Wildman–Crippen LogP) is 2.60. The highest BCUT2D eigenvalue weighted by atomic mass is 35.7. The molecule has 1 aromatic rings. The molecule has 116 valence electrons. The summed E-state index contributed by atoms with van der Waals surface area (Å²) in [6.07, 6.45) is 0.255. The topological polar surface area (TPSA) is 63.7 Å². The smallest absolute Gasteiger partial charge is 0.410 e. The molecule has 2 rings (SSSR count). The fourth-order valence-electron chi connectivity index (χ4n) is 2.50. The summed E-state index contributed by atoms with van der Waals surface area (Å²) < 4.78 is 27.8. The van der Waals surface area contributed by atoms with Crippen LogP contribution in [0.25, 0.3) is 0 Å². The van der Waals surface area contributed by atoms with Crippen LogP contribution in [0.15, 0.2) is 30.3 Å². The summed E-state index contributed by atoms with van der Waals surface area (Å²) >= 11 is 0. The van der Waals surface area contributed by atoms with Crippen molar-refractivity contribution in [3.8, 4) is 0 Å².